The van der Waals surface area contributed by atoms with Gasteiger partial charge in [-0.25, -0.2) is 0 Å². The highest BCUT2D eigenvalue weighted by Crippen LogP contribution is 2.30. The molecule has 112 valence electrons. The van der Waals surface area contributed by atoms with E-state index in [1.165, 1.54) is 0 Å². The van der Waals surface area contributed by atoms with Gasteiger partial charge in [-0.15, -0.1) is 0 Å². The molecule has 0 saturated heterocycles. The highest BCUT2D eigenvalue weighted by atomic mass is 35.5. The van der Waals surface area contributed by atoms with Crippen molar-refractivity contribution < 1.29 is 4.74 Å². The van der Waals surface area contributed by atoms with Crippen LogP contribution >= 0.6 is 11.6 Å². The molecule has 2 aromatic carbocycles. The third kappa shape index (κ3) is 4.76. The lowest BCUT2D eigenvalue weighted by Gasteiger charge is -2.16. The van der Waals surface area contributed by atoms with Crippen molar-refractivity contribution in [3.05, 3.63) is 53.6 Å². The van der Waals surface area contributed by atoms with Crippen LogP contribution in [0.1, 0.15) is 20.3 Å². The molecular weight excluding hydrogens is 282 g/mol. The Labute approximate surface area is 132 Å². The van der Waals surface area contributed by atoms with Crippen LogP contribution in [-0.4, -0.2) is 19.2 Å². The second-order valence-corrected chi connectivity index (χ2v) is 5.55. The van der Waals surface area contributed by atoms with Crippen molar-refractivity contribution in [2.24, 2.45) is 0 Å². The van der Waals surface area contributed by atoms with E-state index in [9.17, 15) is 0 Å². The second-order valence-electron chi connectivity index (χ2n) is 5.14. The molecule has 0 aliphatic rings. The third-order valence-corrected chi connectivity index (χ3v) is 3.52. The minimum atomic E-state index is 0.0941. The number of rotatable bonds is 7. The van der Waals surface area contributed by atoms with E-state index in [0.29, 0.717) is 5.02 Å². The van der Waals surface area contributed by atoms with Crippen LogP contribution in [0, 0.1) is 0 Å². The molecule has 0 fully saturated rings. The Bertz CT molecular complexity index is 556. The quantitative estimate of drug-likeness (QED) is 0.744. The molecule has 2 rings (SSSR count). The fourth-order valence-corrected chi connectivity index (χ4v) is 2.37. The third-order valence-electron chi connectivity index (χ3n) is 3.23. The first kappa shape index (κ1) is 15.9. The van der Waals surface area contributed by atoms with E-state index in [2.05, 4.69) is 24.4 Å². The molecule has 3 heteroatoms. The van der Waals surface area contributed by atoms with Gasteiger partial charge in [-0.05, 0) is 43.1 Å². The van der Waals surface area contributed by atoms with Gasteiger partial charge >= 0.3 is 0 Å². The Morgan fingerprint density at radius 2 is 1.86 bits per heavy atom. The standard InChI is InChI=1S/C18H22ClNO/c1-3-11-20-13-14(2)21-18-10-9-16(12-17(18)19)15-7-5-4-6-8-15/h4-10,12,14,20H,3,11,13H2,1-2H3. The van der Waals surface area contributed by atoms with Crippen LogP contribution in [0.3, 0.4) is 0 Å². The molecule has 21 heavy (non-hydrogen) atoms. The molecule has 1 atom stereocenters. The Balaban J connectivity index is 2.02. The molecule has 2 aromatic rings. The van der Waals surface area contributed by atoms with E-state index in [0.717, 1.165) is 36.4 Å². The van der Waals surface area contributed by atoms with Crippen molar-refractivity contribution in [3.63, 3.8) is 0 Å². The van der Waals surface area contributed by atoms with Gasteiger partial charge in [-0.2, -0.15) is 0 Å². The van der Waals surface area contributed by atoms with Crippen molar-refractivity contribution in [1.29, 1.82) is 0 Å². The molecule has 0 bridgehead atoms. The lowest BCUT2D eigenvalue weighted by molar-refractivity contribution is 0.217. The predicted octanol–water partition coefficient (Wildman–Crippen LogP) is 4.77. The molecule has 0 aliphatic heterocycles. The van der Waals surface area contributed by atoms with Gasteiger partial charge in [0.2, 0.25) is 0 Å². The molecule has 1 N–H and O–H groups in total. The van der Waals surface area contributed by atoms with Gasteiger partial charge in [0.25, 0.3) is 0 Å². The summed E-state index contributed by atoms with van der Waals surface area (Å²) in [5.41, 5.74) is 2.26. The zero-order chi connectivity index (χ0) is 15.1. The van der Waals surface area contributed by atoms with Gasteiger partial charge in [0.05, 0.1) is 5.02 Å². The molecule has 0 heterocycles. The Morgan fingerprint density at radius 3 is 2.52 bits per heavy atom. The normalized spacial score (nSPS) is 12.1. The molecule has 2 nitrogen and oxygen atoms in total. The minimum Gasteiger partial charge on any atom is -0.488 e. The summed E-state index contributed by atoms with van der Waals surface area (Å²) in [6, 6.07) is 16.1. The predicted molar refractivity (Wildman–Crippen MR) is 90.1 cm³/mol. The highest BCUT2D eigenvalue weighted by molar-refractivity contribution is 6.32. The van der Waals surface area contributed by atoms with E-state index < -0.39 is 0 Å². The van der Waals surface area contributed by atoms with Crippen molar-refractivity contribution in [1.82, 2.24) is 5.32 Å². The fourth-order valence-electron chi connectivity index (χ4n) is 2.15. The summed E-state index contributed by atoms with van der Waals surface area (Å²) in [5.74, 6) is 0.738. The van der Waals surface area contributed by atoms with Crippen LogP contribution in [-0.2, 0) is 0 Å². The number of hydrogen-bond acceptors (Lipinski definition) is 2. The molecule has 1 unspecified atom stereocenters. The van der Waals surface area contributed by atoms with E-state index in [1.54, 1.807) is 0 Å². The van der Waals surface area contributed by atoms with Crippen molar-refractivity contribution in [3.8, 4) is 16.9 Å². The maximum atomic E-state index is 6.34. The fraction of sp³-hybridized carbons (Fsp3) is 0.333. The lowest BCUT2D eigenvalue weighted by Crippen LogP contribution is -2.29. The van der Waals surface area contributed by atoms with Crippen LogP contribution < -0.4 is 10.1 Å². The van der Waals surface area contributed by atoms with Crippen LogP contribution in [0.25, 0.3) is 11.1 Å². The molecule has 0 saturated carbocycles. The summed E-state index contributed by atoms with van der Waals surface area (Å²) in [7, 11) is 0. The molecule has 0 spiro atoms. The maximum Gasteiger partial charge on any atom is 0.138 e. The van der Waals surface area contributed by atoms with Crippen LogP contribution in [0.2, 0.25) is 5.02 Å². The number of halogens is 1. The summed E-state index contributed by atoms with van der Waals surface area (Å²) in [6.45, 7) is 6.03. The number of nitrogens with one attached hydrogen (secondary N) is 1. The van der Waals surface area contributed by atoms with Crippen LogP contribution in [0.4, 0.5) is 0 Å². The monoisotopic (exact) mass is 303 g/mol. The van der Waals surface area contributed by atoms with Crippen LogP contribution in [0.15, 0.2) is 48.5 Å². The molecule has 0 aromatic heterocycles. The zero-order valence-corrected chi connectivity index (χ0v) is 13.4. The Hall–Kier alpha value is -1.51. The number of ether oxygens (including phenoxy) is 1. The number of benzene rings is 2. The average Bonchev–Trinajstić information content (AvgIpc) is 2.50. The van der Waals surface area contributed by atoms with Gasteiger partial charge in [0.1, 0.15) is 11.9 Å². The first-order valence-corrected chi connectivity index (χ1v) is 7.81. The average molecular weight is 304 g/mol. The number of hydrogen-bond donors (Lipinski definition) is 1. The van der Waals surface area contributed by atoms with Crippen molar-refractivity contribution in [2.75, 3.05) is 13.1 Å². The molecule has 0 amide bonds. The topological polar surface area (TPSA) is 21.3 Å². The van der Waals surface area contributed by atoms with Gasteiger partial charge in [-0.3, -0.25) is 0 Å². The Morgan fingerprint density at radius 1 is 1.10 bits per heavy atom. The summed E-state index contributed by atoms with van der Waals surface area (Å²) in [4.78, 5) is 0. The maximum absolute atomic E-state index is 6.34. The SMILES string of the molecule is CCCNCC(C)Oc1ccc(-c2ccccc2)cc1Cl. The van der Waals surface area contributed by atoms with Crippen molar-refractivity contribution in [2.45, 2.75) is 26.4 Å². The van der Waals surface area contributed by atoms with Gasteiger partial charge in [0.15, 0.2) is 0 Å². The van der Waals surface area contributed by atoms with Gasteiger partial charge in [0, 0.05) is 6.54 Å². The van der Waals surface area contributed by atoms with E-state index >= 15 is 0 Å². The minimum absolute atomic E-state index is 0.0941. The molecular formula is C18H22ClNO. The lowest BCUT2D eigenvalue weighted by atomic mass is 10.1. The largest absolute Gasteiger partial charge is 0.488 e. The summed E-state index contributed by atoms with van der Waals surface area (Å²) in [5, 5.41) is 4.00. The van der Waals surface area contributed by atoms with Crippen molar-refractivity contribution >= 4 is 11.6 Å². The molecule has 0 radical (unpaired) electrons. The summed E-state index contributed by atoms with van der Waals surface area (Å²) >= 11 is 6.34. The van der Waals surface area contributed by atoms with E-state index in [1.807, 2.05) is 43.3 Å². The first-order chi connectivity index (χ1) is 10.2. The molecule has 0 aliphatic carbocycles. The zero-order valence-electron chi connectivity index (χ0n) is 12.6. The van der Waals surface area contributed by atoms with E-state index in [4.69, 9.17) is 16.3 Å². The van der Waals surface area contributed by atoms with Gasteiger partial charge < -0.3 is 10.1 Å². The Kier molecular flexibility index (Phi) is 6.09. The second kappa shape index (κ2) is 8.06. The summed E-state index contributed by atoms with van der Waals surface area (Å²) < 4.78 is 5.89. The highest BCUT2D eigenvalue weighted by Gasteiger charge is 2.08. The van der Waals surface area contributed by atoms with E-state index in [-0.39, 0.29) is 6.10 Å². The smallest absolute Gasteiger partial charge is 0.138 e. The first-order valence-electron chi connectivity index (χ1n) is 7.43. The summed E-state index contributed by atoms with van der Waals surface area (Å²) in [6.07, 6.45) is 1.22. The van der Waals surface area contributed by atoms with Crippen LogP contribution in [0.5, 0.6) is 5.75 Å². The van der Waals surface area contributed by atoms with Gasteiger partial charge in [-0.1, -0.05) is 54.9 Å².